The number of anilines is 2. The van der Waals surface area contributed by atoms with E-state index in [0.717, 1.165) is 6.07 Å². The number of alkyl halides is 3. The van der Waals surface area contributed by atoms with Crippen molar-refractivity contribution in [3.05, 3.63) is 76.9 Å². The van der Waals surface area contributed by atoms with Gasteiger partial charge in [-0.05, 0) is 63.1 Å². The SMILES string of the molecule is CCN(N)c1nc(N)nc2c1ccn2C1OC(COP(=O)(NC2(C(=O)OCc3ccccc3C(F)(F)F)CC2)Oc2ccc(Cl)cc2)[C@@H](O)[C@@]1(C)O. The van der Waals surface area contributed by atoms with Crippen LogP contribution in [0, 0.1) is 0 Å². The van der Waals surface area contributed by atoms with Crippen LogP contribution < -0.4 is 26.2 Å². The molecule has 1 saturated heterocycles. The Kier molecular flexibility index (Phi) is 10.2. The number of benzene rings is 2. The molecule has 2 aliphatic rings. The molecular weight excluding hydrogens is 734 g/mol. The summed E-state index contributed by atoms with van der Waals surface area (Å²) in [7, 11) is -4.58. The molecule has 2 aromatic carbocycles. The Morgan fingerprint density at radius 3 is 2.54 bits per heavy atom. The Hall–Kier alpha value is -4.00. The van der Waals surface area contributed by atoms with Crippen LogP contribution in [0.15, 0.2) is 60.8 Å². The Balaban J connectivity index is 1.22. The molecule has 3 unspecified atom stereocenters. The first-order valence-corrected chi connectivity index (χ1v) is 17.9. The number of rotatable bonds is 13. The minimum absolute atomic E-state index is 0.0224. The van der Waals surface area contributed by atoms with E-state index < -0.39 is 68.2 Å². The molecule has 2 fully saturated rings. The van der Waals surface area contributed by atoms with Crippen LogP contribution in [0.1, 0.15) is 44.0 Å². The van der Waals surface area contributed by atoms with Gasteiger partial charge in [-0.2, -0.15) is 28.2 Å². The number of nitrogen functional groups attached to an aromatic ring is 1. The molecule has 280 valence electrons. The van der Waals surface area contributed by atoms with Crippen LogP contribution in [0.2, 0.25) is 5.02 Å². The van der Waals surface area contributed by atoms with Crippen LogP contribution in [0.25, 0.3) is 11.0 Å². The van der Waals surface area contributed by atoms with Crippen LogP contribution in [-0.2, 0) is 36.1 Å². The lowest BCUT2D eigenvalue weighted by Gasteiger charge is -2.28. The fourth-order valence-electron chi connectivity index (χ4n) is 5.81. The number of hydrogen-bond donors (Lipinski definition) is 5. The van der Waals surface area contributed by atoms with E-state index in [1.54, 1.807) is 12.3 Å². The summed E-state index contributed by atoms with van der Waals surface area (Å²) in [6.45, 7) is 2.19. The van der Waals surface area contributed by atoms with Crippen molar-refractivity contribution in [2.24, 2.45) is 5.84 Å². The largest absolute Gasteiger partial charge is 0.459 e. The van der Waals surface area contributed by atoms with Crippen LogP contribution in [0.3, 0.4) is 0 Å². The number of hydrogen-bond acceptors (Lipinski definition) is 13. The van der Waals surface area contributed by atoms with Crippen LogP contribution >= 0.6 is 19.3 Å². The number of hydrazine groups is 1. The molecule has 1 aliphatic heterocycles. The normalized spacial score (nSPS) is 23.7. The molecule has 20 heteroatoms. The van der Waals surface area contributed by atoms with Gasteiger partial charge in [-0.3, -0.25) is 14.3 Å². The van der Waals surface area contributed by atoms with E-state index in [0.29, 0.717) is 22.8 Å². The van der Waals surface area contributed by atoms with E-state index in [9.17, 15) is 32.7 Å². The van der Waals surface area contributed by atoms with Gasteiger partial charge in [-0.15, -0.1) is 0 Å². The molecule has 3 heterocycles. The zero-order valence-electron chi connectivity index (χ0n) is 27.8. The molecule has 0 spiro atoms. The summed E-state index contributed by atoms with van der Waals surface area (Å²) in [4.78, 5) is 21.8. The van der Waals surface area contributed by atoms with Crippen molar-refractivity contribution >= 4 is 48.1 Å². The number of nitrogens with two attached hydrogens (primary N) is 2. The third kappa shape index (κ3) is 7.56. The van der Waals surface area contributed by atoms with Gasteiger partial charge in [0.1, 0.15) is 41.4 Å². The average Bonchev–Trinajstić information content (AvgIpc) is 3.69. The van der Waals surface area contributed by atoms with Crippen molar-refractivity contribution in [2.75, 3.05) is 23.9 Å². The number of ether oxygens (including phenoxy) is 2. The number of aromatic nitrogens is 3. The van der Waals surface area contributed by atoms with Gasteiger partial charge in [-0.25, -0.2) is 10.4 Å². The number of carbonyl (C=O) groups is 1. The Labute approximate surface area is 300 Å². The van der Waals surface area contributed by atoms with Gasteiger partial charge in [0.25, 0.3) is 0 Å². The van der Waals surface area contributed by atoms with Crippen LogP contribution in [-0.4, -0.2) is 67.2 Å². The Bertz CT molecular complexity index is 2000. The second-order valence-electron chi connectivity index (χ2n) is 12.6. The van der Waals surface area contributed by atoms with Gasteiger partial charge in [0.05, 0.1) is 17.6 Å². The van der Waals surface area contributed by atoms with Crippen molar-refractivity contribution < 1.29 is 51.3 Å². The summed E-state index contributed by atoms with van der Waals surface area (Å²) in [6, 6.07) is 12.0. The van der Waals surface area contributed by atoms with E-state index in [4.69, 9.17) is 41.7 Å². The minimum atomic E-state index is -4.68. The van der Waals surface area contributed by atoms with Gasteiger partial charge in [-0.1, -0.05) is 29.8 Å². The number of aliphatic hydroxyl groups excluding tert-OH is 1. The first-order valence-electron chi connectivity index (χ1n) is 16.0. The van der Waals surface area contributed by atoms with Gasteiger partial charge in [0.15, 0.2) is 12.0 Å². The highest BCUT2D eigenvalue weighted by atomic mass is 35.5. The van der Waals surface area contributed by atoms with Gasteiger partial charge >= 0.3 is 19.9 Å². The van der Waals surface area contributed by atoms with E-state index in [1.807, 2.05) is 6.92 Å². The second-order valence-corrected chi connectivity index (χ2v) is 14.7. The van der Waals surface area contributed by atoms with E-state index >= 15 is 0 Å². The number of halogens is 4. The van der Waals surface area contributed by atoms with Crippen molar-refractivity contribution in [3.8, 4) is 5.75 Å². The third-order valence-electron chi connectivity index (χ3n) is 8.81. The zero-order chi connectivity index (χ0) is 37.6. The molecule has 2 aromatic heterocycles. The molecule has 15 nitrogen and oxygen atoms in total. The summed E-state index contributed by atoms with van der Waals surface area (Å²) >= 11 is 5.99. The minimum Gasteiger partial charge on any atom is -0.459 e. The molecule has 1 saturated carbocycles. The number of nitrogens with zero attached hydrogens (tertiary/aromatic N) is 4. The lowest BCUT2D eigenvalue weighted by atomic mass is 9.96. The molecular formula is C32H36ClF3N7O8P. The lowest BCUT2D eigenvalue weighted by molar-refractivity contribution is -0.150. The summed E-state index contributed by atoms with van der Waals surface area (Å²) in [5.41, 5.74) is 1.38. The Morgan fingerprint density at radius 1 is 1.19 bits per heavy atom. The fourth-order valence-corrected chi connectivity index (χ4v) is 7.68. The molecule has 4 aromatic rings. The molecule has 52 heavy (non-hydrogen) atoms. The van der Waals surface area contributed by atoms with Crippen molar-refractivity contribution in [1.29, 1.82) is 0 Å². The second kappa shape index (κ2) is 14.1. The number of esters is 1. The summed E-state index contributed by atoms with van der Waals surface area (Å²) in [6.07, 6.45) is -7.14. The van der Waals surface area contributed by atoms with Gasteiger partial charge in [0, 0.05) is 23.3 Å². The smallest absolute Gasteiger partial charge is 0.459 e. The molecule has 6 rings (SSSR count). The first kappa shape index (κ1) is 37.7. The Morgan fingerprint density at radius 2 is 1.88 bits per heavy atom. The predicted molar refractivity (Wildman–Crippen MR) is 182 cm³/mol. The maximum Gasteiger partial charge on any atom is 0.459 e. The summed E-state index contributed by atoms with van der Waals surface area (Å²) < 4.78 is 79.2. The van der Waals surface area contributed by atoms with Crippen molar-refractivity contribution in [3.63, 3.8) is 0 Å². The number of aliphatic hydroxyl groups is 2. The van der Waals surface area contributed by atoms with Gasteiger partial charge in [0.2, 0.25) is 5.95 Å². The standard InChI is InChI=1S/C32H36ClF3N7O8P/c1-3-43(38)26-21-12-15-42(25(21)39-29(37)40-26)27-30(2,46)24(44)23(50-27)17-49-52(47,51-20-10-8-19(33)9-11-20)41-31(13-14-31)28(45)48-16-18-6-4-5-7-22(18)32(34,35)36/h4-12,15,23-24,27,44,46H,3,13-14,16-17,38H2,1-2H3,(H,41,47)(H2,37,39,40)/t23?,24-,27?,30-,52?/m1/s1. The van der Waals surface area contributed by atoms with Gasteiger partial charge < -0.3 is 34.5 Å². The van der Waals surface area contributed by atoms with Crippen LogP contribution in [0.4, 0.5) is 24.9 Å². The highest BCUT2D eigenvalue weighted by molar-refractivity contribution is 7.52. The molecule has 7 N–H and O–H groups in total. The first-order chi connectivity index (χ1) is 24.5. The molecule has 0 amide bonds. The average molecular weight is 770 g/mol. The molecule has 5 atom stereocenters. The van der Waals surface area contributed by atoms with E-state index in [1.165, 1.54) is 59.0 Å². The summed E-state index contributed by atoms with van der Waals surface area (Å²) in [5, 5.41) is 27.5. The van der Waals surface area contributed by atoms with Crippen LogP contribution in [0.5, 0.6) is 5.75 Å². The topological polar surface area (TPSA) is 210 Å². The zero-order valence-corrected chi connectivity index (χ0v) is 29.4. The lowest BCUT2D eigenvalue weighted by Crippen LogP contribution is -2.45. The maximum atomic E-state index is 14.4. The predicted octanol–water partition coefficient (Wildman–Crippen LogP) is 4.46. The number of carbonyl (C=O) groups excluding carboxylic acids is 1. The fraction of sp³-hybridized carbons (Fsp3) is 0.406. The third-order valence-corrected chi connectivity index (χ3v) is 10.7. The van der Waals surface area contributed by atoms with E-state index in [-0.39, 0.29) is 35.8 Å². The van der Waals surface area contributed by atoms with Crippen molar-refractivity contribution in [2.45, 2.75) is 69.0 Å². The number of fused-ring (bicyclic) bond motifs is 1. The number of nitrogens with one attached hydrogen (secondary N) is 1. The van der Waals surface area contributed by atoms with Crippen molar-refractivity contribution in [1.82, 2.24) is 19.6 Å². The quantitative estimate of drug-likeness (QED) is 0.0551. The highest BCUT2D eigenvalue weighted by Crippen LogP contribution is 2.53. The summed E-state index contributed by atoms with van der Waals surface area (Å²) in [5.74, 6) is 5.35. The molecule has 1 aliphatic carbocycles. The molecule has 0 radical (unpaired) electrons. The van der Waals surface area contributed by atoms with E-state index in [2.05, 4.69) is 15.1 Å². The maximum absolute atomic E-state index is 14.4. The molecule has 0 bridgehead atoms. The highest BCUT2D eigenvalue weighted by Gasteiger charge is 2.58. The monoisotopic (exact) mass is 769 g/mol.